The maximum absolute atomic E-state index is 11.9. The Labute approximate surface area is 109 Å². The second-order valence-electron chi connectivity index (χ2n) is 4.18. The molecule has 1 aromatic carbocycles. The molecule has 0 saturated heterocycles. The summed E-state index contributed by atoms with van der Waals surface area (Å²) in [6.45, 7) is 1.65. The van der Waals surface area contributed by atoms with Crippen molar-refractivity contribution in [3.05, 3.63) is 28.8 Å². The number of rotatable bonds is 2. The summed E-state index contributed by atoms with van der Waals surface area (Å²) in [5.74, 6) is -1.53. The molecule has 1 aliphatic rings. The molecule has 2 atom stereocenters. The maximum atomic E-state index is 11.9. The van der Waals surface area contributed by atoms with Crippen LogP contribution in [0.25, 0.3) is 0 Å². The van der Waals surface area contributed by atoms with E-state index < -0.39 is 24.1 Å². The first kappa shape index (κ1) is 13.4. The van der Waals surface area contributed by atoms with Crippen LogP contribution < -0.4 is 0 Å². The Morgan fingerprint density at radius 1 is 1.37 bits per heavy atom. The molecule has 1 aliphatic heterocycles. The van der Waals surface area contributed by atoms with Crippen LogP contribution in [0.4, 0.5) is 0 Å². The third-order valence-corrected chi connectivity index (χ3v) is 3.09. The van der Waals surface area contributed by atoms with Crippen LogP contribution in [0, 0.1) is 0 Å². The van der Waals surface area contributed by atoms with Crippen molar-refractivity contribution in [3.8, 4) is 5.75 Å². The minimum Gasteiger partial charge on any atom is -0.507 e. The Kier molecular flexibility index (Phi) is 3.44. The van der Waals surface area contributed by atoms with E-state index in [4.69, 9.17) is 9.47 Å². The van der Waals surface area contributed by atoms with Crippen molar-refractivity contribution in [1.29, 1.82) is 0 Å². The van der Waals surface area contributed by atoms with E-state index in [1.54, 1.807) is 6.92 Å². The highest BCUT2D eigenvalue weighted by molar-refractivity contribution is 6.01. The van der Waals surface area contributed by atoms with Gasteiger partial charge in [0.2, 0.25) is 0 Å². The fraction of sp³-hybridized carbons (Fsp3) is 0.385. The number of hydrogen-bond donors (Lipinski definition) is 1. The number of phenols is 1. The van der Waals surface area contributed by atoms with Gasteiger partial charge in [0.15, 0.2) is 0 Å². The average Bonchev–Trinajstić information content (AvgIpc) is 2.38. The number of benzene rings is 1. The third kappa shape index (κ3) is 2.04. The van der Waals surface area contributed by atoms with E-state index in [0.29, 0.717) is 5.56 Å². The van der Waals surface area contributed by atoms with Gasteiger partial charge in [-0.15, -0.1) is 0 Å². The quantitative estimate of drug-likeness (QED) is 0.815. The first-order valence-corrected chi connectivity index (χ1v) is 5.69. The minimum atomic E-state index is -0.681. The van der Waals surface area contributed by atoms with Gasteiger partial charge in [-0.1, -0.05) is 0 Å². The van der Waals surface area contributed by atoms with Gasteiger partial charge in [-0.05, 0) is 19.1 Å². The van der Waals surface area contributed by atoms with Crippen LogP contribution in [0.15, 0.2) is 12.1 Å². The predicted octanol–water partition coefficient (Wildman–Crippen LogP) is 1.43. The molecule has 0 unspecified atom stereocenters. The standard InChI is InChI=1S/C13H14O6/c1-6-11(17-2)9-7(12(15)18-3)4-5-8(14)10(9)13(16)19-6/h4-6,11,14H,1-3H3/t6-,11-/m1/s1. The van der Waals surface area contributed by atoms with E-state index >= 15 is 0 Å². The number of fused-ring (bicyclic) bond motifs is 1. The number of aromatic hydroxyl groups is 1. The molecule has 6 heteroatoms. The fourth-order valence-electron chi connectivity index (χ4n) is 2.24. The van der Waals surface area contributed by atoms with E-state index in [-0.39, 0.29) is 16.9 Å². The molecule has 0 saturated carbocycles. The summed E-state index contributed by atoms with van der Waals surface area (Å²) in [5.41, 5.74) is 0.441. The molecule has 0 fully saturated rings. The van der Waals surface area contributed by atoms with E-state index in [0.717, 1.165) is 0 Å². The van der Waals surface area contributed by atoms with Gasteiger partial charge in [0.25, 0.3) is 0 Å². The highest BCUT2D eigenvalue weighted by atomic mass is 16.6. The number of carbonyl (C=O) groups excluding carboxylic acids is 2. The lowest BCUT2D eigenvalue weighted by molar-refractivity contribution is -0.0397. The lowest BCUT2D eigenvalue weighted by Crippen LogP contribution is -2.33. The molecule has 0 radical (unpaired) electrons. The summed E-state index contributed by atoms with van der Waals surface area (Å²) in [6, 6.07) is 2.66. The first-order chi connectivity index (χ1) is 9.01. The van der Waals surface area contributed by atoms with Gasteiger partial charge >= 0.3 is 11.9 Å². The van der Waals surface area contributed by atoms with Crippen LogP contribution >= 0.6 is 0 Å². The van der Waals surface area contributed by atoms with Crippen LogP contribution in [0.5, 0.6) is 5.75 Å². The largest absolute Gasteiger partial charge is 0.507 e. The Bertz CT molecular complexity index is 536. The number of ether oxygens (including phenoxy) is 3. The molecule has 0 aliphatic carbocycles. The smallest absolute Gasteiger partial charge is 0.342 e. The second kappa shape index (κ2) is 4.89. The molecule has 0 amide bonds. The van der Waals surface area contributed by atoms with Crippen molar-refractivity contribution in [1.82, 2.24) is 0 Å². The molecule has 0 bridgehead atoms. The third-order valence-electron chi connectivity index (χ3n) is 3.09. The van der Waals surface area contributed by atoms with Crippen LogP contribution in [0.3, 0.4) is 0 Å². The van der Waals surface area contributed by atoms with Crippen molar-refractivity contribution >= 4 is 11.9 Å². The van der Waals surface area contributed by atoms with Gasteiger partial charge in [0, 0.05) is 12.7 Å². The average molecular weight is 266 g/mol. The number of phenolic OH excluding ortho intramolecular Hbond substituents is 1. The zero-order chi connectivity index (χ0) is 14.2. The first-order valence-electron chi connectivity index (χ1n) is 5.69. The van der Waals surface area contributed by atoms with Crippen LogP contribution in [0.2, 0.25) is 0 Å². The Hall–Kier alpha value is -2.08. The molecular formula is C13H14O6. The van der Waals surface area contributed by atoms with E-state index in [9.17, 15) is 14.7 Å². The molecule has 1 aromatic rings. The normalized spacial score (nSPS) is 21.5. The molecular weight excluding hydrogens is 252 g/mol. The van der Waals surface area contributed by atoms with Crippen molar-refractivity contribution in [2.75, 3.05) is 14.2 Å². The van der Waals surface area contributed by atoms with E-state index in [1.165, 1.54) is 26.4 Å². The molecule has 19 heavy (non-hydrogen) atoms. The van der Waals surface area contributed by atoms with Gasteiger partial charge < -0.3 is 19.3 Å². The van der Waals surface area contributed by atoms with Gasteiger partial charge in [-0.2, -0.15) is 0 Å². The molecule has 0 aromatic heterocycles. The van der Waals surface area contributed by atoms with Gasteiger partial charge in [-0.25, -0.2) is 9.59 Å². The summed E-state index contributed by atoms with van der Waals surface area (Å²) in [6.07, 6.45) is -1.19. The maximum Gasteiger partial charge on any atom is 0.342 e. The zero-order valence-corrected chi connectivity index (χ0v) is 10.8. The van der Waals surface area contributed by atoms with Crippen LogP contribution in [-0.2, 0) is 14.2 Å². The van der Waals surface area contributed by atoms with E-state index in [2.05, 4.69) is 4.74 Å². The number of esters is 2. The van der Waals surface area contributed by atoms with Crippen molar-refractivity contribution in [2.24, 2.45) is 0 Å². The number of cyclic esters (lactones) is 1. The molecule has 2 rings (SSSR count). The highest BCUT2D eigenvalue weighted by Gasteiger charge is 2.38. The summed E-state index contributed by atoms with van der Waals surface area (Å²) in [4.78, 5) is 23.6. The molecule has 102 valence electrons. The summed E-state index contributed by atoms with van der Waals surface area (Å²) in [5, 5.41) is 9.80. The van der Waals surface area contributed by atoms with Crippen molar-refractivity contribution < 1.29 is 28.9 Å². The number of methoxy groups -OCH3 is 2. The fourth-order valence-corrected chi connectivity index (χ4v) is 2.24. The molecule has 1 heterocycles. The van der Waals surface area contributed by atoms with Gasteiger partial charge in [-0.3, -0.25) is 0 Å². The van der Waals surface area contributed by atoms with Gasteiger partial charge in [0.05, 0.1) is 12.7 Å². The van der Waals surface area contributed by atoms with Gasteiger partial charge in [0.1, 0.15) is 23.5 Å². The number of carbonyl (C=O) groups is 2. The SMILES string of the molecule is COC(=O)c1ccc(O)c2c1[C@H](OC)[C@@H](C)OC2=O. The Morgan fingerprint density at radius 3 is 2.63 bits per heavy atom. The monoisotopic (exact) mass is 266 g/mol. The predicted molar refractivity (Wildman–Crippen MR) is 64.1 cm³/mol. The van der Waals surface area contributed by atoms with Crippen molar-refractivity contribution in [2.45, 2.75) is 19.1 Å². The van der Waals surface area contributed by atoms with Crippen molar-refractivity contribution in [3.63, 3.8) is 0 Å². The Morgan fingerprint density at radius 2 is 2.05 bits per heavy atom. The topological polar surface area (TPSA) is 82.1 Å². The van der Waals surface area contributed by atoms with E-state index in [1.807, 2.05) is 0 Å². The second-order valence-corrected chi connectivity index (χ2v) is 4.18. The minimum absolute atomic E-state index is 0.0483. The summed E-state index contributed by atoms with van der Waals surface area (Å²) < 4.78 is 15.0. The Balaban J connectivity index is 2.72. The molecule has 6 nitrogen and oxygen atoms in total. The molecule has 0 spiro atoms. The van der Waals surface area contributed by atoms with Crippen LogP contribution in [-0.4, -0.2) is 37.4 Å². The molecule has 1 N–H and O–H groups in total. The van der Waals surface area contributed by atoms with Crippen LogP contribution in [0.1, 0.15) is 39.3 Å². The lowest BCUT2D eigenvalue weighted by Gasteiger charge is -2.31. The summed E-state index contributed by atoms with van der Waals surface area (Å²) >= 11 is 0. The zero-order valence-electron chi connectivity index (χ0n) is 10.8. The highest BCUT2D eigenvalue weighted by Crippen LogP contribution is 2.38. The lowest BCUT2D eigenvalue weighted by atomic mass is 9.90. The number of hydrogen-bond acceptors (Lipinski definition) is 6. The summed E-state index contributed by atoms with van der Waals surface area (Å²) in [7, 11) is 2.68.